The maximum atomic E-state index is 5.63. The van der Waals surface area contributed by atoms with Gasteiger partial charge < -0.3 is 4.74 Å². The number of aryl methyl sites for hydroxylation is 1. The molecule has 0 radical (unpaired) electrons. The molecule has 1 aromatic heterocycles. The highest BCUT2D eigenvalue weighted by Crippen LogP contribution is 2.19. The molecule has 0 saturated carbocycles. The van der Waals surface area contributed by atoms with Gasteiger partial charge in [-0.2, -0.15) is 0 Å². The van der Waals surface area contributed by atoms with E-state index in [0.717, 1.165) is 20.2 Å². The van der Waals surface area contributed by atoms with Gasteiger partial charge in [-0.25, -0.2) is 4.98 Å². The minimum absolute atomic E-state index is 0.521. The first-order valence-electron chi connectivity index (χ1n) is 5.15. The number of benzene rings is 1. The van der Waals surface area contributed by atoms with Crippen LogP contribution in [-0.2, 0) is 6.61 Å². The molecule has 2 rings (SSSR count). The third-order valence-corrected chi connectivity index (χ3v) is 3.60. The van der Waals surface area contributed by atoms with Gasteiger partial charge in [0.05, 0.1) is 5.69 Å². The highest BCUT2D eigenvalue weighted by Gasteiger charge is 2.01. The molecule has 0 spiro atoms. The van der Waals surface area contributed by atoms with E-state index < -0.39 is 0 Å². The quantitative estimate of drug-likeness (QED) is 0.808. The Morgan fingerprint density at radius 3 is 2.71 bits per heavy atom. The number of aromatic nitrogens is 1. The second kappa shape index (κ2) is 5.65. The summed E-state index contributed by atoms with van der Waals surface area (Å²) in [6.07, 6.45) is 0. The largest absolute Gasteiger partial charge is 0.473 e. The molecular formula is C13H11Br2NO. The average molecular weight is 357 g/mol. The Labute approximate surface area is 117 Å². The molecule has 2 nitrogen and oxygen atoms in total. The first-order chi connectivity index (χ1) is 8.15. The Morgan fingerprint density at radius 1 is 1.18 bits per heavy atom. The van der Waals surface area contributed by atoms with E-state index in [1.54, 1.807) is 0 Å². The number of hydrogen-bond acceptors (Lipinski definition) is 2. The van der Waals surface area contributed by atoms with Crippen molar-refractivity contribution in [2.75, 3.05) is 0 Å². The van der Waals surface area contributed by atoms with E-state index in [1.165, 1.54) is 0 Å². The molecule has 4 heteroatoms. The summed E-state index contributed by atoms with van der Waals surface area (Å²) in [7, 11) is 0. The number of hydrogen-bond donors (Lipinski definition) is 0. The zero-order chi connectivity index (χ0) is 12.3. The summed E-state index contributed by atoms with van der Waals surface area (Å²) in [6.45, 7) is 2.46. The van der Waals surface area contributed by atoms with Crippen LogP contribution in [0.2, 0.25) is 0 Å². The first-order valence-corrected chi connectivity index (χ1v) is 6.74. The van der Waals surface area contributed by atoms with E-state index in [-0.39, 0.29) is 0 Å². The Morgan fingerprint density at radius 2 is 2.00 bits per heavy atom. The zero-order valence-electron chi connectivity index (χ0n) is 9.28. The fourth-order valence-corrected chi connectivity index (χ4v) is 2.05. The van der Waals surface area contributed by atoms with Crippen molar-refractivity contribution in [1.29, 1.82) is 0 Å². The Kier molecular flexibility index (Phi) is 4.18. The maximum Gasteiger partial charge on any atom is 0.213 e. The molecule has 88 valence electrons. The molecule has 0 unspecified atom stereocenters. The van der Waals surface area contributed by atoms with Crippen molar-refractivity contribution in [2.45, 2.75) is 13.5 Å². The van der Waals surface area contributed by atoms with Gasteiger partial charge >= 0.3 is 0 Å². The van der Waals surface area contributed by atoms with Gasteiger partial charge in [-0.05, 0) is 46.6 Å². The van der Waals surface area contributed by atoms with Crippen molar-refractivity contribution >= 4 is 31.9 Å². The molecule has 1 aromatic carbocycles. The molecule has 0 bridgehead atoms. The molecule has 0 atom stereocenters. The third-order valence-electron chi connectivity index (χ3n) is 2.27. The van der Waals surface area contributed by atoms with Gasteiger partial charge in [-0.15, -0.1) is 0 Å². The van der Waals surface area contributed by atoms with Crippen molar-refractivity contribution in [3.8, 4) is 5.88 Å². The van der Waals surface area contributed by atoms with E-state index in [0.29, 0.717) is 12.5 Å². The lowest BCUT2D eigenvalue weighted by atomic mass is 10.2. The van der Waals surface area contributed by atoms with E-state index in [4.69, 9.17) is 4.74 Å². The molecule has 0 aliphatic carbocycles. The predicted octanol–water partition coefficient (Wildman–Crippen LogP) is 4.49. The van der Waals surface area contributed by atoms with E-state index in [2.05, 4.69) is 36.8 Å². The minimum atomic E-state index is 0.521. The van der Waals surface area contributed by atoms with Gasteiger partial charge in [-0.1, -0.05) is 28.1 Å². The summed E-state index contributed by atoms with van der Waals surface area (Å²) in [5.41, 5.74) is 2.04. The van der Waals surface area contributed by atoms with Crippen molar-refractivity contribution in [3.05, 3.63) is 56.6 Å². The second-order valence-electron chi connectivity index (χ2n) is 3.64. The number of nitrogens with zero attached hydrogens (tertiary/aromatic N) is 1. The van der Waals surface area contributed by atoms with Crippen LogP contribution in [0.1, 0.15) is 11.3 Å². The summed E-state index contributed by atoms with van der Waals surface area (Å²) >= 11 is 6.84. The fraction of sp³-hybridized carbons (Fsp3) is 0.154. The number of ether oxygens (including phenoxy) is 1. The lowest BCUT2D eigenvalue weighted by Gasteiger charge is -2.07. The van der Waals surface area contributed by atoms with Crippen LogP contribution in [0, 0.1) is 6.92 Å². The van der Waals surface area contributed by atoms with Gasteiger partial charge in [0.2, 0.25) is 5.88 Å². The summed E-state index contributed by atoms with van der Waals surface area (Å²) in [4.78, 5) is 4.33. The Hall–Kier alpha value is -0.870. The zero-order valence-corrected chi connectivity index (χ0v) is 12.5. The maximum absolute atomic E-state index is 5.63. The third kappa shape index (κ3) is 3.54. The van der Waals surface area contributed by atoms with Gasteiger partial charge in [0.15, 0.2) is 0 Å². The van der Waals surface area contributed by atoms with Crippen LogP contribution in [0.15, 0.2) is 45.3 Å². The van der Waals surface area contributed by atoms with Crippen LogP contribution < -0.4 is 4.74 Å². The minimum Gasteiger partial charge on any atom is -0.473 e. The molecule has 0 aliphatic rings. The van der Waals surface area contributed by atoms with Crippen molar-refractivity contribution < 1.29 is 4.74 Å². The van der Waals surface area contributed by atoms with Crippen LogP contribution >= 0.6 is 31.9 Å². The topological polar surface area (TPSA) is 22.1 Å². The smallest absolute Gasteiger partial charge is 0.213 e. The fourth-order valence-electron chi connectivity index (χ4n) is 1.39. The molecule has 17 heavy (non-hydrogen) atoms. The Balaban J connectivity index is 2.05. The average Bonchev–Trinajstić information content (AvgIpc) is 2.31. The first kappa shape index (κ1) is 12.6. The Bertz CT molecular complexity index is 529. The molecule has 0 N–H and O–H groups in total. The summed E-state index contributed by atoms with van der Waals surface area (Å²) in [5, 5.41) is 0. The number of rotatable bonds is 3. The summed E-state index contributed by atoms with van der Waals surface area (Å²) in [5.74, 6) is 0.644. The standard InChI is InChI=1S/C13H11Br2NO/c1-9-12(15)5-6-13(16-9)17-8-10-3-2-4-11(14)7-10/h2-7H,8H2,1H3. The van der Waals surface area contributed by atoms with E-state index >= 15 is 0 Å². The SMILES string of the molecule is Cc1nc(OCc2cccc(Br)c2)ccc1Br. The molecule has 2 aromatic rings. The number of halogens is 2. The normalized spacial score (nSPS) is 10.3. The van der Waals surface area contributed by atoms with Crippen molar-refractivity contribution in [1.82, 2.24) is 4.98 Å². The van der Waals surface area contributed by atoms with Crippen LogP contribution in [0.5, 0.6) is 5.88 Å². The van der Waals surface area contributed by atoms with Gasteiger partial charge in [-0.3, -0.25) is 0 Å². The van der Waals surface area contributed by atoms with Crippen LogP contribution in [-0.4, -0.2) is 4.98 Å². The molecule has 1 heterocycles. The summed E-state index contributed by atoms with van der Waals surface area (Å²) < 4.78 is 7.68. The molecule has 0 amide bonds. The predicted molar refractivity (Wildman–Crippen MR) is 75.1 cm³/mol. The second-order valence-corrected chi connectivity index (χ2v) is 5.41. The highest BCUT2D eigenvalue weighted by atomic mass is 79.9. The van der Waals surface area contributed by atoms with E-state index in [9.17, 15) is 0 Å². The van der Waals surface area contributed by atoms with Crippen LogP contribution in [0.3, 0.4) is 0 Å². The molecule has 0 saturated heterocycles. The summed E-state index contributed by atoms with van der Waals surface area (Å²) in [6, 6.07) is 11.8. The lowest BCUT2D eigenvalue weighted by molar-refractivity contribution is 0.293. The van der Waals surface area contributed by atoms with Crippen LogP contribution in [0.25, 0.3) is 0 Å². The van der Waals surface area contributed by atoms with E-state index in [1.807, 2.05) is 43.3 Å². The molecular weight excluding hydrogens is 346 g/mol. The van der Waals surface area contributed by atoms with Gasteiger partial charge in [0.1, 0.15) is 6.61 Å². The molecule has 0 aliphatic heterocycles. The van der Waals surface area contributed by atoms with Gasteiger partial charge in [0.25, 0.3) is 0 Å². The monoisotopic (exact) mass is 355 g/mol. The van der Waals surface area contributed by atoms with Crippen molar-refractivity contribution in [2.24, 2.45) is 0 Å². The lowest BCUT2D eigenvalue weighted by Crippen LogP contribution is -1.98. The number of pyridine rings is 1. The highest BCUT2D eigenvalue weighted by molar-refractivity contribution is 9.10. The van der Waals surface area contributed by atoms with Crippen molar-refractivity contribution in [3.63, 3.8) is 0 Å². The molecule has 0 fully saturated rings. The van der Waals surface area contributed by atoms with Crippen LogP contribution in [0.4, 0.5) is 0 Å². The van der Waals surface area contributed by atoms with Gasteiger partial charge in [0, 0.05) is 15.0 Å².